The Hall–Kier alpha value is -6.55. The second kappa shape index (κ2) is 17.5. The first-order valence-corrected chi connectivity index (χ1v) is 18.3. The van der Waals surface area contributed by atoms with Crippen molar-refractivity contribution >= 4 is 23.3 Å². The summed E-state index contributed by atoms with van der Waals surface area (Å²) in [7, 11) is 1.66. The monoisotopic (exact) mass is 735 g/mol. The number of rotatable bonds is 16. The number of methoxy groups -OCH3 is 1. The number of aryl methyl sites for hydroxylation is 2. The number of amides is 1. The Bertz CT molecular complexity index is 2260. The second-order valence-electron chi connectivity index (χ2n) is 13.3. The molecule has 0 unspecified atom stereocenters. The van der Waals surface area contributed by atoms with Gasteiger partial charge in [-0.25, -0.2) is 0 Å². The Labute approximate surface area is 321 Å². The first-order chi connectivity index (χ1) is 26.7. The van der Waals surface area contributed by atoms with E-state index in [4.69, 9.17) is 25.2 Å². The molecule has 3 aromatic carbocycles. The van der Waals surface area contributed by atoms with Gasteiger partial charge >= 0.3 is 5.97 Å². The number of pyridine rings is 3. The summed E-state index contributed by atoms with van der Waals surface area (Å²) in [5.74, 6) is -0.303. The fourth-order valence-corrected chi connectivity index (χ4v) is 6.68. The fraction of sp³-hybridized carbons (Fsp3) is 0.222. The molecule has 10 nitrogen and oxygen atoms in total. The number of aliphatic carboxylic acids is 1. The SMILES string of the molecule is CCCc1cnc(-c2ccc(-c3cnc(-c4cc(CCC(=O)O)cnc4C(N)=O)c(C)c3C)cc2OCCN(c2ccccc2)c2ccccc2)c(OC)c1. The molecule has 3 heterocycles. The van der Waals surface area contributed by atoms with E-state index in [-0.39, 0.29) is 18.5 Å². The van der Waals surface area contributed by atoms with E-state index in [0.717, 1.165) is 57.6 Å². The maximum atomic E-state index is 12.4. The van der Waals surface area contributed by atoms with Crippen molar-refractivity contribution in [1.82, 2.24) is 15.0 Å². The van der Waals surface area contributed by atoms with Gasteiger partial charge in [-0.3, -0.25) is 24.5 Å². The summed E-state index contributed by atoms with van der Waals surface area (Å²) >= 11 is 0. The second-order valence-corrected chi connectivity index (χ2v) is 13.3. The van der Waals surface area contributed by atoms with Crippen LogP contribution in [-0.2, 0) is 17.6 Å². The molecule has 0 spiro atoms. The van der Waals surface area contributed by atoms with Gasteiger partial charge in [0.25, 0.3) is 5.91 Å². The summed E-state index contributed by atoms with van der Waals surface area (Å²) in [6.07, 6.45) is 7.24. The van der Waals surface area contributed by atoms with Crippen molar-refractivity contribution in [2.75, 3.05) is 25.2 Å². The number of primary amides is 1. The van der Waals surface area contributed by atoms with Crippen LogP contribution in [0.4, 0.5) is 11.4 Å². The molecule has 0 aliphatic rings. The molecular weight excluding hydrogens is 691 g/mol. The number of nitrogens with zero attached hydrogens (tertiary/aromatic N) is 4. The van der Waals surface area contributed by atoms with Crippen molar-refractivity contribution < 1.29 is 24.2 Å². The molecule has 0 saturated carbocycles. The predicted octanol–water partition coefficient (Wildman–Crippen LogP) is 8.78. The molecule has 1 amide bonds. The van der Waals surface area contributed by atoms with Crippen molar-refractivity contribution in [3.05, 3.63) is 138 Å². The molecule has 0 fully saturated rings. The van der Waals surface area contributed by atoms with Gasteiger partial charge in [0.15, 0.2) is 0 Å². The molecule has 6 rings (SSSR count). The Morgan fingerprint density at radius 1 is 0.727 bits per heavy atom. The lowest BCUT2D eigenvalue weighted by molar-refractivity contribution is -0.136. The molecule has 0 bridgehead atoms. The smallest absolute Gasteiger partial charge is 0.303 e. The van der Waals surface area contributed by atoms with Gasteiger partial charge in [0.2, 0.25) is 0 Å². The standard InChI is InChI=1S/C45H45N5O5/c1-5-12-31-24-40(54-4)43(47-26-31)36-19-18-33(25-39(36)55-22-21-50(34-13-8-6-9-14-34)35-15-10-7-11-16-35)38-28-49-42(30(3)29(38)2)37-23-32(17-20-41(51)52)27-48-44(37)45(46)53/h6-11,13-16,18-19,23-28H,5,12,17,20-22H2,1-4H3,(H2,46,53)(H,51,52). The van der Waals surface area contributed by atoms with Crippen LogP contribution in [0.25, 0.3) is 33.6 Å². The summed E-state index contributed by atoms with van der Waals surface area (Å²) in [6.45, 7) is 7.03. The Balaban J connectivity index is 1.40. The molecule has 6 aromatic rings. The number of aromatic nitrogens is 3. The highest BCUT2D eigenvalue weighted by molar-refractivity contribution is 5.98. The van der Waals surface area contributed by atoms with Crippen LogP contribution in [0.1, 0.15) is 52.5 Å². The minimum Gasteiger partial charge on any atom is -0.494 e. The van der Waals surface area contributed by atoms with Crippen molar-refractivity contribution in [3.63, 3.8) is 0 Å². The minimum absolute atomic E-state index is 0.0668. The van der Waals surface area contributed by atoms with E-state index in [2.05, 4.69) is 41.1 Å². The van der Waals surface area contributed by atoms with Crippen LogP contribution < -0.4 is 20.1 Å². The Kier molecular flexibility index (Phi) is 12.2. The number of hydrogen-bond donors (Lipinski definition) is 2. The number of carbonyl (C=O) groups excluding carboxylic acids is 1. The summed E-state index contributed by atoms with van der Waals surface area (Å²) in [5.41, 5.74) is 15.7. The number of benzene rings is 3. The number of carbonyl (C=O) groups is 2. The lowest BCUT2D eigenvalue weighted by Crippen LogP contribution is -2.23. The molecule has 3 N–H and O–H groups in total. The quantitative estimate of drug-likeness (QED) is 0.0998. The third kappa shape index (κ3) is 8.81. The van der Waals surface area contributed by atoms with Crippen LogP contribution in [-0.4, -0.2) is 52.2 Å². The zero-order valence-corrected chi connectivity index (χ0v) is 31.6. The largest absolute Gasteiger partial charge is 0.494 e. The van der Waals surface area contributed by atoms with Crippen LogP contribution in [0.2, 0.25) is 0 Å². The summed E-state index contributed by atoms with van der Waals surface area (Å²) in [6, 6.07) is 30.3. The van der Waals surface area contributed by atoms with Crippen LogP contribution >= 0.6 is 0 Å². The van der Waals surface area contributed by atoms with Gasteiger partial charge in [-0.05, 0) is 103 Å². The van der Waals surface area contributed by atoms with Gasteiger partial charge in [0, 0.05) is 53.1 Å². The molecular formula is C45H45N5O5. The van der Waals surface area contributed by atoms with Gasteiger partial charge in [-0.15, -0.1) is 0 Å². The number of anilines is 2. The predicted molar refractivity (Wildman–Crippen MR) is 216 cm³/mol. The van der Waals surface area contributed by atoms with Crippen LogP contribution in [0, 0.1) is 13.8 Å². The van der Waals surface area contributed by atoms with E-state index < -0.39 is 11.9 Å². The molecule has 280 valence electrons. The molecule has 55 heavy (non-hydrogen) atoms. The van der Waals surface area contributed by atoms with E-state index in [1.54, 1.807) is 19.4 Å². The lowest BCUT2D eigenvalue weighted by Gasteiger charge is -2.25. The van der Waals surface area contributed by atoms with E-state index >= 15 is 0 Å². The van der Waals surface area contributed by atoms with Gasteiger partial charge in [-0.1, -0.05) is 55.8 Å². The number of carboxylic acids is 1. The van der Waals surface area contributed by atoms with Crippen LogP contribution in [0.5, 0.6) is 11.5 Å². The molecule has 0 atom stereocenters. The Morgan fingerprint density at radius 2 is 1.38 bits per heavy atom. The maximum Gasteiger partial charge on any atom is 0.303 e. The topological polar surface area (TPSA) is 141 Å². The van der Waals surface area contributed by atoms with E-state index in [1.165, 1.54) is 6.20 Å². The van der Waals surface area contributed by atoms with E-state index in [0.29, 0.717) is 47.2 Å². The first-order valence-electron chi connectivity index (χ1n) is 18.3. The average Bonchev–Trinajstić information content (AvgIpc) is 3.20. The number of hydrogen-bond acceptors (Lipinski definition) is 8. The molecule has 0 aliphatic heterocycles. The zero-order valence-electron chi connectivity index (χ0n) is 31.6. The van der Waals surface area contributed by atoms with Crippen LogP contribution in [0.3, 0.4) is 0 Å². The third-order valence-corrected chi connectivity index (χ3v) is 9.63. The van der Waals surface area contributed by atoms with Crippen molar-refractivity contribution in [2.24, 2.45) is 5.73 Å². The number of nitrogens with two attached hydrogens (primary N) is 1. The highest BCUT2D eigenvalue weighted by atomic mass is 16.5. The first kappa shape index (κ1) is 38.2. The molecule has 3 aromatic heterocycles. The number of carboxylic acid groups (broad SMARTS) is 1. The van der Waals surface area contributed by atoms with Crippen molar-refractivity contribution in [2.45, 2.75) is 46.5 Å². The molecule has 0 aliphatic carbocycles. The zero-order chi connectivity index (χ0) is 38.9. The lowest BCUT2D eigenvalue weighted by atomic mass is 9.93. The maximum absolute atomic E-state index is 12.4. The third-order valence-electron chi connectivity index (χ3n) is 9.63. The molecule has 0 saturated heterocycles. The highest BCUT2D eigenvalue weighted by Crippen LogP contribution is 2.40. The van der Waals surface area contributed by atoms with Crippen molar-refractivity contribution in [1.29, 1.82) is 0 Å². The number of para-hydroxylation sites is 2. The van der Waals surface area contributed by atoms with Gasteiger partial charge in [-0.2, -0.15) is 0 Å². The van der Waals surface area contributed by atoms with Gasteiger partial charge in [0.1, 0.15) is 29.5 Å². The normalized spacial score (nSPS) is 10.9. The number of ether oxygens (including phenoxy) is 2. The van der Waals surface area contributed by atoms with Gasteiger partial charge in [0.05, 0.1) is 19.3 Å². The summed E-state index contributed by atoms with van der Waals surface area (Å²) in [4.78, 5) is 39.9. The average molecular weight is 736 g/mol. The van der Waals surface area contributed by atoms with Crippen LogP contribution in [0.15, 0.2) is 110 Å². The summed E-state index contributed by atoms with van der Waals surface area (Å²) < 4.78 is 12.6. The fourth-order valence-electron chi connectivity index (χ4n) is 6.68. The van der Waals surface area contributed by atoms with E-state index in [1.807, 2.05) is 80.7 Å². The summed E-state index contributed by atoms with van der Waals surface area (Å²) in [5, 5.41) is 9.22. The molecule has 10 heteroatoms. The van der Waals surface area contributed by atoms with Crippen molar-refractivity contribution in [3.8, 4) is 45.1 Å². The van der Waals surface area contributed by atoms with Gasteiger partial charge < -0.3 is 25.2 Å². The highest BCUT2D eigenvalue weighted by Gasteiger charge is 2.21. The van der Waals surface area contributed by atoms with E-state index in [9.17, 15) is 14.7 Å². The minimum atomic E-state index is -0.920. The Morgan fingerprint density at radius 3 is 2.02 bits per heavy atom. The molecule has 0 radical (unpaired) electrons.